The molecule has 0 saturated carbocycles. The zero-order valence-corrected chi connectivity index (χ0v) is 8.90. The van der Waals surface area contributed by atoms with Crippen LogP contribution in [0.3, 0.4) is 0 Å². The number of rotatable bonds is 3. The maximum Gasteiger partial charge on any atom is 0.132 e. The van der Waals surface area contributed by atoms with Crippen molar-refractivity contribution in [1.82, 2.24) is 0 Å². The molecule has 0 radical (unpaired) electrons. The molecule has 0 aliphatic rings. The fraction of sp³-hybridized carbons (Fsp3) is 0.500. The Morgan fingerprint density at radius 1 is 1.21 bits per heavy atom. The van der Waals surface area contributed by atoms with Crippen LogP contribution in [0.15, 0.2) is 12.1 Å². The van der Waals surface area contributed by atoms with Crippen LogP contribution in [0.1, 0.15) is 44.2 Å². The number of benzene rings is 1. The van der Waals surface area contributed by atoms with Crippen LogP contribution in [-0.2, 0) is 6.42 Å². The number of aryl methyl sites for hydroxylation is 1. The molecular weight excluding hydrogens is 182 g/mol. The molecule has 78 valence electrons. The second-order valence-corrected chi connectivity index (χ2v) is 3.60. The van der Waals surface area contributed by atoms with Crippen LogP contribution in [-0.4, -0.2) is 0 Å². The van der Waals surface area contributed by atoms with Crippen molar-refractivity contribution >= 4 is 0 Å². The highest BCUT2D eigenvalue weighted by atomic mass is 19.1. The first-order valence-electron chi connectivity index (χ1n) is 5.08. The van der Waals surface area contributed by atoms with Crippen LogP contribution >= 0.6 is 0 Å². The van der Waals surface area contributed by atoms with E-state index in [1.807, 2.05) is 20.8 Å². The first-order chi connectivity index (χ1) is 6.61. The summed E-state index contributed by atoms with van der Waals surface area (Å²) in [6.07, 6.45) is 1.36. The molecule has 1 unspecified atom stereocenters. The zero-order chi connectivity index (χ0) is 10.7. The highest BCUT2D eigenvalue weighted by Gasteiger charge is 2.16. The average Bonchev–Trinajstić information content (AvgIpc) is 2.18. The van der Waals surface area contributed by atoms with E-state index in [9.17, 15) is 8.78 Å². The molecule has 1 aromatic carbocycles. The highest BCUT2D eigenvalue weighted by molar-refractivity contribution is 5.30. The second-order valence-electron chi connectivity index (χ2n) is 3.60. The molecule has 0 N–H and O–H groups in total. The zero-order valence-electron chi connectivity index (χ0n) is 8.90. The molecule has 0 spiro atoms. The molecule has 14 heavy (non-hydrogen) atoms. The number of halogens is 2. The summed E-state index contributed by atoms with van der Waals surface area (Å²) in [7, 11) is 0. The molecule has 0 amide bonds. The SMILES string of the molecule is CCc1ccc(F)c(C(C)CC)c1F. The van der Waals surface area contributed by atoms with Gasteiger partial charge in [-0.25, -0.2) is 8.78 Å². The topological polar surface area (TPSA) is 0 Å². The summed E-state index contributed by atoms with van der Waals surface area (Å²) in [5.74, 6) is -0.836. The van der Waals surface area contributed by atoms with Crippen molar-refractivity contribution < 1.29 is 8.78 Å². The molecule has 0 fully saturated rings. The predicted molar refractivity (Wildman–Crippen MR) is 54.4 cm³/mol. The normalized spacial score (nSPS) is 12.9. The molecule has 2 heteroatoms. The monoisotopic (exact) mass is 198 g/mol. The molecule has 1 rings (SSSR count). The minimum absolute atomic E-state index is 0.0542. The lowest BCUT2D eigenvalue weighted by Gasteiger charge is -2.13. The van der Waals surface area contributed by atoms with E-state index in [0.717, 1.165) is 6.42 Å². The summed E-state index contributed by atoms with van der Waals surface area (Å²) in [6, 6.07) is 2.89. The fourth-order valence-electron chi connectivity index (χ4n) is 1.54. The van der Waals surface area contributed by atoms with E-state index in [1.165, 1.54) is 12.1 Å². The van der Waals surface area contributed by atoms with Crippen LogP contribution in [0.4, 0.5) is 8.78 Å². The van der Waals surface area contributed by atoms with Gasteiger partial charge in [0.25, 0.3) is 0 Å². The molecule has 0 aliphatic heterocycles. The van der Waals surface area contributed by atoms with Gasteiger partial charge >= 0.3 is 0 Å². The summed E-state index contributed by atoms with van der Waals surface area (Å²) in [5, 5.41) is 0. The summed E-state index contributed by atoms with van der Waals surface area (Å²) < 4.78 is 27.1. The fourth-order valence-corrected chi connectivity index (χ4v) is 1.54. The molecule has 0 aliphatic carbocycles. The lowest BCUT2D eigenvalue weighted by atomic mass is 9.95. The van der Waals surface area contributed by atoms with Gasteiger partial charge in [0, 0.05) is 5.56 Å². The first kappa shape index (κ1) is 11.2. The molecule has 1 aromatic rings. The Bertz CT molecular complexity index is 318. The average molecular weight is 198 g/mol. The van der Waals surface area contributed by atoms with Crippen LogP contribution in [0.2, 0.25) is 0 Å². The van der Waals surface area contributed by atoms with E-state index in [4.69, 9.17) is 0 Å². The van der Waals surface area contributed by atoms with Crippen LogP contribution in [0.5, 0.6) is 0 Å². The Hall–Kier alpha value is -0.920. The maximum atomic E-state index is 13.7. The van der Waals surface area contributed by atoms with Gasteiger partial charge in [-0.15, -0.1) is 0 Å². The Morgan fingerprint density at radius 3 is 2.36 bits per heavy atom. The number of hydrogen-bond donors (Lipinski definition) is 0. The highest BCUT2D eigenvalue weighted by Crippen LogP contribution is 2.27. The Balaban J connectivity index is 3.25. The Kier molecular flexibility index (Phi) is 3.62. The molecule has 0 nitrogen and oxygen atoms in total. The third-order valence-corrected chi connectivity index (χ3v) is 2.69. The van der Waals surface area contributed by atoms with Gasteiger partial charge in [-0.2, -0.15) is 0 Å². The minimum Gasteiger partial charge on any atom is -0.207 e. The first-order valence-corrected chi connectivity index (χ1v) is 5.08. The number of hydrogen-bond acceptors (Lipinski definition) is 0. The van der Waals surface area contributed by atoms with E-state index in [0.29, 0.717) is 12.0 Å². The van der Waals surface area contributed by atoms with Gasteiger partial charge in [0.05, 0.1) is 0 Å². The standard InChI is InChI=1S/C12H16F2/c1-4-8(3)11-10(13)7-6-9(5-2)12(11)14/h6-8H,4-5H2,1-3H3. The van der Waals surface area contributed by atoms with Crippen LogP contribution < -0.4 is 0 Å². The van der Waals surface area contributed by atoms with Crippen LogP contribution in [0.25, 0.3) is 0 Å². The van der Waals surface area contributed by atoms with E-state index < -0.39 is 5.82 Å². The molecule has 0 heterocycles. The van der Waals surface area contributed by atoms with Crippen molar-refractivity contribution in [3.8, 4) is 0 Å². The third kappa shape index (κ3) is 1.94. The van der Waals surface area contributed by atoms with Crippen molar-refractivity contribution in [1.29, 1.82) is 0 Å². The third-order valence-electron chi connectivity index (χ3n) is 2.69. The van der Waals surface area contributed by atoms with E-state index in [2.05, 4.69) is 0 Å². The lowest BCUT2D eigenvalue weighted by Crippen LogP contribution is -2.03. The summed E-state index contributed by atoms with van der Waals surface area (Å²) >= 11 is 0. The van der Waals surface area contributed by atoms with Gasteiger partial charge in [0.15, 0.2) is 0 Å². The summed E-state index contributed by atoms with van der Waals surface area (Å²) in [6.45, 7) is 5.65. The largest absolute Gasteiger partial charge is 0.207 e. The summed E-state index contributed by atoms with van der Waals surface area (Å²) in [4.78, 5) is 0. The quantitative estimate of drug-likeness (QED) is 0.687. The second kappa shape index (κ2) is 4.54. The molecule has 0 aromatic heterocycles. The maximum absolute atomic E-state index is 13.7. The van der Waals surface area contributed by atoms with Gasteiger partial charge in [-0.3, -0.25) is 0 Å². The molecule has 0 bridgehead atoms. The van der Waals surface area contributed by atoms with Crippen molar-refractivity contribution in [3.63, 3.8) is 0 Å². The van der Waals surface area contributed by atoms with Crippen LogP contribution in [0, 0.1) is 11.6 Å². The smallest absolute Gasteiger partial charge is 0.132 e. The lowest BCUT2D eigenvalue weighted by molar-refractivity contribution is 0.520. The van der Waals surface area contributed by atoms with E-state index in [1.54, 1.807) is 0 Å². The van der Waals surface area contributed by atoms with Gasteiger partial charge in [0.1, 0.15) is 11.6 Å². The predicted octanol–water partition coefficient (Wildman–Crippen LogP) is 4.04. The van der Waals surface area contributed by atoms with E-state index >= 15 is 0 Å². The molecular formula is C12H16F2. The molecule has 0 saturated heterocycles. The van der Waals surface area contributed by atoms with Gasteiger partial charge < -0.3 is 0 Å². The van der Waals surface area contributed by atoms with Crippen molar-refractivity contribution in [2.45, 2.75) is 39.5 Å². The van der Waals surface area contributed by atoms with Gasteiger partial charge in [-0.05, 0) is 30.4 Å². The summed E-state index contributed by atoms with van der Waals surface area (Å²) in [5.41, 5.74) is 0.841. The Labute approximate surface area is 84.0 Å². The van der Waals surface area contributed by atoms with Gasteiger partial charge in [0.2, 0.25) is 0 Å². The van der Waals surface area contributed by atoms with E-state index in [-0.39, 0.29) is 17.3 Å². The minimum atomic E-state index is -0.422. The van der Waals surface area contributed by atoms with Crippen molar-refractivity contribution in [2.75, 3.05) is 0 Å². The Morgan fingerprint density at radius 2 is 1.86 bits per heavy atom. The van der Waals surface area contributed by atoms with Crippen molar-refractivity contribution in [2.24, 2.45) is 0 Å². The molecule has 1 atom stereocenters. The van der Waals surface area contributed by atoms with Crippen molar-refractivity contribution in [3.05, 3.63) is 34.9 Å². The van der Waals surface area contributed by atoms with Gasteiger partial charge in [-0.1, -0.05) is 26.8 Å².